The summed E-state index contributed by atoms with van der Waals surface area (Å²) in [5, 5.41) is 5.48. The SMILES string of the molecule is CNC(=O)c1ccc(NC(=O)CN(C)C2CCCCCC2)cc1. The molecule has 0 atom stereocenters. The van der Waals surface area contributed by atoms with Crippen LogP contribution in [-0.4, -0.2) is 43.4 Å². The molecule has 0 radical (unpaired) electrons. The van der Waals surface area contributed by atoms with Crippen LogP contribution in [0.1, 0.15) is 48.9 Å². The van der Waals surface area contributed by atoms with E-state index in [1.165, 1.54) is 38.5 Å². The highest BCUT2D eigenvalue weighted by Gasteiger charge is 2.19. The van der Waals surface area contributed by atoms with Gasteiger partial charge < -0.3 is 10.6 Å². The lowest BCUT2D eigenvalue weighted by Crippen LogP contribution is -2.37. The third kappa shape index (κ3) is 5.36. The summed E-state index contributed by atoms with van der Waals surface area (Å²) in [5.74, 6) is -0.139. The molecule has 1 aliphatic rings. The van der Waals surface area contributed by atoms with E-state index >= 15 is 0 Å². The van der Waals surface area contributed by atoms with Crippen LogP contribution >= 0.6 is 0 Å². The summed E-state index contributed by atoms with van der Waals surface area (Å²) in [7, 11) is 3.63. The van der Waals surface area contributed by atoms with Crippen molar-refractivity contribution in [1.29, 1.82) is 0 Å². The highest BCUT2D eigenvalue weighted by Crippen LogP contribution is 2.21. The van der Waals surface area contributed by atoms with Gasteiger partial charge in [-0.05, 0) is 44.2 Å². The lowest BCUT2D eigenvalue weighted by Gasteiger charge is -2.26. The molecule has 0 aliphatic heterocycles. The van der Waals surface area contributed by atoms with Crippen molar-refractivity contribution < 1.29 is 9.59 Å². The number of hydrogen-bond donors (Lipinski definition) is 2. The number of likely N-dealkylation sites (N-methyl/N-ethyl adjacent to an activating group) is 1. The van der Waals surface area contributed by atoms with Crippen LogP contribution in [0, 0.1) is 0 Å². The molecule has 0 unspecified atom stereocenters. The highest BCUT2D eigenvalue weighted by atomic mass is 16.2. The number of benzene rings is 1. The second-order valence-electron chi connectivity index (χ2n) is 6.27. The number of nitrogens with zero attached hydrogens (tertiary/aromatic N) is 1. The first-order valence-electron chi connectivity index (χ1n) is 8.42. The molecule has 0 spiro atoms. The van der Waals surface area contributed by atoms with Crippen molar-refractivity contribution in [2.24, 2.45) is 0 Å². The van der Waals surface area contributed by atoms with E-state index in [-0.39, 0.29) is 11.8 Å². The van der Waals surface area contributed by atoms with Crippen molar-refractivity contribution >= 4 is 17.5 Å². The molecule has 2 amide bonds. The molecule has 1 aromatic carbocycles. The lowest BCUT2D eigenvalue weighted by molar-refractivity contribution is -0.117. The zero-order chi connectivity index (χ0) is 16.7. The predicted octanol–water partition coefficient (Wildman–Crippen LogP) is 2.64. The molecule has 1 aromatic rings. The molecule has 0 heterocycles. The molecular weight excluding hydrogens is 290 g/mol. The average Bonchev–Trinajstić information content (AvgIpc) is 2.84. The second-order valence-corrected chi connectivity index (χ2v) is 6.27. The number of hydrogen-bond acceptors (Lipinski definition) is 3. The first kappa shape index (κ1) is 17.5. The van der Waals surface area contributed by atoms with Crippen molar-refractivity contribution in [3.8, 4) is 0 Å². The maximum atomic E-state index is 12.2. The van der Waals surface area contributed by atoms with Gasteiger partial charge in [-0.15, -0.1) is 0 Å². The van der Waals surface area contributed by atoms with Crippen LogP contribution in [0.5, 0.6) is 0 Å². The number of anilines is 1. The fourth-order valence-corrected chi connectivity index (χ4v) is 3.10. The minimum absolute atomic E-state index is 0.00978. The van der Waals surface area contributed by atoms with E-state index in [1.807, 2.05) is 7.05 Å². The molecule has 1 saturated carbocycles. The van der Waals surface area contributed by atoms with Gasteiger partial charge in [-0.2, -0.15) is 0 Å². The molecule has 1 fully saturated rings. The monoisotopic (exact) mass is 317 g/mol. The summed E-state index contributed by atoms with van der Waals surface area (Å²) in [4.78, 5) is 25.9. The molecule has 126 valence electrons. The number of amides is 2. The summed E-state index contributed by atoms with van der Waals surface area (Å²) < 4.78 is 0. The normalized spacial score (nSPS) is 16.0. The van der Waals surface area contributed by atoms with Crippen molar-refractivity contribution in [1.82, 2.24) is 10.2 Å². The van der Waals surface area contributed by atoms with Crippen LogP contribution in [0.25, 0.3) is 0 Å². The molecule has 5 nitrogen and oxygen atoms in total. The van der Waals surface area contributed by atoms with Gasteiger partial charge in [-0.25, -0.2) is 0 Å². The Bertz CT molecular complexity index is 520. The van der Waals surface area contributed by atoms with E-state index in [9.17, 15) is 9.59 Å². The predicted molar refractivity (Wildman–Crippen MR) is 92.6 cm³/mol. The summed E-state index contributed by atoms with van der Waals surface area (Å²) in [6.07, 6.45) is 7.52. The van der Waals surface area contributed by atoms with Crippen molar-refractivity contribution in [2.75, 3.05) is 26.0 Å². The molecule has 2 rings (SSSR count). The minimum Gasteiger partial charge on any atom is -0.355 e. The van der Waals surface area contributed by atoms with E-state index in [0.717, 1.165) is 5.69 Å². The van der Waals surface area contributed by atoms with Gasteiger partial charge in [0.05, 0.1) is 6.54 Å². The van der Waals surface area contributed by atoms with E-state index in [2.05, 4.69) is 15.5 Å². The Morgan fingerprint density at radius 2 is 1.70 bits per heavy atom. The molecular formula is C18H27N3O2. The zero-order valence-corrected chi connectivity index (χ0v) is 14.1. The summed E-state index contributed by atoms with van der Waals surface area (Å²) in [6, 6.07) is 7.45. The third-order valence-corrected chi connectivity index (χ3v) is 4.50. The summed E-state index contributed by atoms with van der Waals surface area (Å²) >= 11 is 0. The number of carbonyl (C=O) groups is 2. The van der Waals surface area contributed by atoms with Gasteiger partial charge in [0.1, 0.15) is 0 Å². The van der Waals surface area contributed by atoms with Crippen LogP contribution in [0.2, 0.25) is 0 Å². The minimum atomic E-state index is -0.129. The van der Waals surface area contributed by atoms with E-state index < -0.39 is 0 Å². The zero-order valence-electron chi connectivity index (χ0n) is 14.1. The van der Waals surface area contributed by atoms with E-state index in [4.69, 9.17) is 0 Å². The number of nitrogens with one attached hydrogen (secondary N) is 2. The highest BCUT2D eigenvalue weighted by molar-refractivity contribution is 5.96. The number of carbonyl (C=O) groups excluding carboxylic acids is 2. The van der Waals surface area contributed by atoms with E-state index in [0.29, 0.717) is 18.2 Å². The van der Waals surface area contributed by atoms with Crippen LogP contribution in [0.3, 0.4) is 0 Å². The molecule has 0 saturated heterocycles. The summed E-state index contributed by atoms with van der Waals surface area (Å²) in [5.41, 5.74) is 1.30. The Kier molecular flexibility index (Phi) is 6.59. The van der Waals surface area contributed by atoms with Crippen LogP contribution in [-0.2, 0) is 4.79 Å². The maximum Gasteiger partial charge on any atom is 0.251 e. The van der Waals surface area contributed by atoms with Gasteiger partial charge in [-0.3, -0.25) is 14.5 Å². The van der Waals surface area contributed by atoms with E-state index in [1.54, 1.807) is 31.3 Å². The average molecular weight is 317 g/mol. The Morgan fingerprint density at radius 3 is 2.26 bits per heavy atom. The Balaban J connectivity index is 1.85. The summed E-state index contributed by atoms with van der Waals surface area (Å²) in [6.45, 7) is 0.405. The largest absolute Gasteiger partial charge is 0.355 e. The van der Waals surface area contributed by atoms with Crippen molar-refractivity contribution in [3.05, 3.63) is 29.8 Å². The lowest BCUT2D eigenvalue weighted by atomic mass is 10.1. The van der Waals surface area contributed by atoms with Crippen molar-refractivity contribution in [3.63, 3.8) is 0 Å². The third-order valence-electron chi connectivity index (χ3n) is 4.50. The van der Waals surface area contributed by atoms with Gasteiger partial charge in [-0.1, -0.05) is 25.7 Å². The molecule has 2 N–H and O–H groups in total. The van der Waals surface area contributed by atoms with Gasteiger partial charge in [0.2, 0.25) is 5.91 Å². The molecule has 0 bridgehead atoms. The van der Waals surface area contributed by atoms with Gasteiger partial charge in [0, 0.05) is 24.3 Å². The first-order valence-corrected chi connectivity index (χ1v) is 8.42. The van der Waals surface area contributed by atoms with Gasteiger partial charge >= 0.3 is 0 Å². The number of rotatable bonds is 5. The van der Waals surface area contributed by atoms with Crippen LogP contribution in [0.4, 0.5) is 5.69 Å². The Morgan fingerprint density at radius 1 is 1.09 bits per heavy atom. The standard InChI is InChI=1S/C18H27N3O2/c1-19-18(23)14-9-11-15(12-10-14)20-17(22)13-21(2)16-7-5-3-4-6-8-16/h9-12,16H,3-8,13H2,1-2H3,(H,19,23)(H,20,22). The van der Waals surface area contributed by atoms with Crippen LogP contribution < -0.4 is 10.6 Å². The maximum absolute atomic E-state index is 12.2. The van der Waals surface area contributed by atoms with Crippen molar-refractivity contribution in [2.45, 2.75) is 44.6 Å². The smallest absolute Gasteiger partial charge is 0.251 e. The quantitative estimate of drug-likeness (QED) is 0.821. The second kappa shape index (κ2) is 8.67. The fraction of sp³-hybridized carbons (Fsp3) is 0.556. The molecule has 1 aliphatic carbocycles. The molecule has 23 heavy (non-hydrogen) atoms. The van der Waals surface area contributed by atoms with Gasteiger partial charge in [0.15, 0.2) is 0 Å². The topological polar surface area (TPSA) is 61.4 Å². The van der Waals surface area contributed by atoms with Gasteiger partial charge in [0.25, 0.3) is 5.91 Å². The fourth-order valence-electron chi connectivity index (χ4n) is 3.10. The Hall–Kier alpha value is -1.88. The first-order chi connectivity index (χ1) is 11.1. The molecule has 5 heteroatoms. The Labute approximate surface area is 138 Å². The van der Waals surface area contributed by atoms with Crippen LogP contribution in [0.15, 0.2) is 24.3 Å². The molecule has 0 aromatic heterocycles.